The molecule has 0 radical (unpaired) electrons. The molecule has 0 aromatic carbocycles. The van der Waals surface area contributed by atoms with Gasteiger partial charge in [-0.05, 0) is 11.5 Å². The van der Waals surface area contributed by atoms with Crippen LogP contribution in [0.15, 0.2) is 18.6 Å². The Kier molecular flexibility index (Phi) is 3.52. The van der Waals surface area contributed by atoms with Crippen LogP contribution >= 0.6 is 0 Å². The van der Waals surface area contributed by atoms with E-state index in [4.69, 9.17) is 10.00 Å². The first-order chi connectivity index (χ1) is 9.01. The fraction of sp³-hybridized carbons (Fsp3) is 0.357. The molecule has 2 heterocycles. The molecule has 0 bridgehead atoms. The lowest BCUT2D eigenvalue weighted by Crippen LogP contribution is -2.17. The van der Waals surface area contributed by atoms with Crippen molar-refractivity contribution in [3.8, 4) is 11.9 Å². The quantitative estimate of drug-likeness (QED) is 0.857. The van der Waals surface area contributed by atoms with Gasteiger partial charge in [-0.3, -0.25) is 0 Å². The second-order valence-electron chi connectivity index (χ2n) is 5.46. The Morgan fingerprint density at radius 1 is 1.42 bits per heavy atom. The van der Waals surface area contributed by atoms with Gasteiger partial charge in [-0.25, -0.2) is 9.97 Å². The van der Waals surface area contributed by atoms with Crippen molar-refractivity contribution in [2.45, 2.75) is 20.8 Å². The van der Waals surface area contributed by atoms with Crippen molar-refractivity contribution >= 4 is 17.1 Å². The zero-order valence-electron chi connectivity index (χ0n) is 11.3. The van der Waals surface area contributed by atoms with Gasteiger partial charge >= 0.3 is 0 Å². The Bertz CT molecular complexity index is 643. The van der Waals surface area contributed by atoms with Gasteiger partial charge in [0, 0.05) is 17.8 Å². The number of nitrogens with one attached hydrogen (secondary N) is 1. The van der Waals surface area contributed by atoms with Crippen LogP contribution in [0.1, 0.15) is 26.3 Å². The van der Waals surface area contributed by atoms with Gasteiger partial charge < -0.3 is 9.72 Å². The number of rotatable bonds is 3. The number of fused-ring (bicyclic) bond motifs is 1. The molecular formula is C14H16N4O. The molecule has 2 aromatic rings. The highest BCUT2D eigenvalue weighted by Crippen LogP contribution is 2.27. The molecule has 98 valence electrons. The van der Waals surface area contributed by atoms with Gasteiger partial charge in [0.25, 0.3) is 0 Å². The molecule has 19 heavy (non-hydrogen) atoms. The number of aromatic nitrogens is 3. The SMILES string of the molecule is CC(C)(C)COc1ncnc2[nH]cc(C=CC#N)c12. The molecule has 0 saturated heterocycles. The number of allylic oxidation sites excluding steroid dienone is 1. The predicted octanol–water partition coefficient (Wildman–Crippen LogP) is 2.92. The highest BCUT2D eigenvalue weighted by atomic mass is 16.5. The summed E-state index contributed by atoms with van der Waals surface area (Å²) in [7, 11) is 0. The summed E-state index contributed by atoms with van der Waals surface area (Å²) in [5.74, 6) is 0.541. The van der Waals surface area contributed by atoms with Crippen molar-refractivity contribution in [1.29, 1.82) is 5.26 Å². The minimum Gasteiger partial charge on any atom is -0.477 e. The Morgan fingerprint density at radius 2 is 2.21 bits per heavy atom. The average molecular weight is 256 g/mol. The number of hydrogen-bond acceptors (Lipinski definition) is 4. The summed E-state index contributed by atoms with van der Waals surface area (Å²) in [6, 6.07) is 1.97. The number of H-pyrrole nitrogens is 1. The molecule has 5 heteroatoms. The van der Waals surface area contributed by atoms with Crippen LogP contribution in [0.3, 0.4) is 0 Å². The molecule has 0 amide bonds. The minimum absolute atomic E-state index is 0.0518. The monoisotopic (exact) mass is 256 g/mol. The second-order valence-corrected chi connectivity index (χ2v) is 5.46. The van der Waals surface area contributed by atoms with Crippen LogP contribution in [-0.2, 0) is 0 Å². The van der Waals surface area contributed by atoms with E-state index in [2.05, 4.69) is 35.7 Å². The Balaban J connectivity index is 2.40. The van der Waals surface area contributed by atoms with Crippen molar-refractivity contribution in [1.82, 2.24) is 15.0 Å². The lowest BCUT2D eigenvalue weighted by atomic mass is 9.99. The van der Waals surface area contributed by atoms with Crippen LogP contribution in [-0.4, -0.2) is 21.6 Å². The lowest BCUT2D eigenvalue weighted by Gasteiger charge is -2.18. The van der Waals surface area contributed by atoms with E-state index in [0.29, 0.717) is 18.1 Å². The fourth-order valence-electron chi connectivity index (χ4n) is 1.61. The molecule has 0 aliphatic heterocycles. The molecule has 2 aromatic heterocycles. The molecule has 0 aliphatic carbocycles. The Morgan fingerprint density at radius 3 is 2.89 bits per heavy atom. The predicted molar refractivity (Wildman–Crippen MR) is 73.5 cm³/mol. The largest absolute Gasteiger partial charge is 0.477 e. The van der Waals surface area contributed by atoms with E-state index in [9.17, 15) is 0 Å². The van der Waals surface area contributed by atoms with E-state index in [1.807, 2.05) is 6.07 Å². The molecule has 0 aliphatic rings. The summed E-state index contributed by atoms with van der Waals surface area (Å²) in [6.45, 7) is 6.85. The third-order valence-electron chi connectivity index (χ3n) is 2.44. The standard InChI is InChI=1S/C14H16N4O/c1-14(2,3)8-19-13-11-10(5-4-6-15)7-16-12(11)17-9-18-13/h4-5,7,9H,8H2,1-3H3,(H,16,17,18). The number of aromatic amines is 1. The maximum atomic E-state index is 8.61. The van der Waals surface area contributed by atoms with Crippen LogP contribution in [0.4, 0.5) is 0 Å². The molecule has 0 unspecified atom stereocenters. The molecule has 0 saturated carbocycles. The molecule has 1 N–H and O–H groups in total. The molecule has 2 rings (SSSR count). The zero-order valence-corrected chi connectivity index (χ0v) is 11.3. The smallest absolute Gasteiger partial charge is 0.226 e. The topological polar surface area (TPSA) is 74.6 Å². The highest BCUT2D eigenvalue weighted by Gasteiger charge is 2.15. The van der Waals surface area contributed by atoms with Gasteiger partial charge in [-0.2, -0.15) is 5.26 Å². The normalized spacial score (nSPS) is 11.9. The number of ether oxygens (including phenoxy) is 1. The van der Waals surface area contributed by atoms with Gasteiger partial charge in [-0.15, -0.1) is 0 Å². The molecular weight excluding hydrogens is 240 g/mol. The third-order valence-corrected chi connectivity index (χ3v) is 2.44. The first-order valence-electron chi connectivity index (χ1n) is 6.02. The van der Waals surface area contributed by atoms with E-state index in [1.165, 1.54) is 12.4 Å². The number of nitrogens with zero attached hydrogens (tertiary/aromatic N) is 3. The van der Waals surface area contributed by atoms with Gasteiger partial charge in [0.15, 0.2) is 0 Å². The maximum Gasteiger partial charge on any atom is 0.226 e. The van der Waals surface area contributed by atoms with E-state index < -0.39 is 0 Å². The Labute approximate surface area is 111 Å². The molecule has 5 nitrogen and oxygen atoms in total. The van der Waals surface area contributed by atoms with Gasteiger partial charge in [0.1, 0.15) is 12.0 Å². The summed E-state index contributed by atoms with van der Waals surface area (Å²) in [5, 5.41) is 9.41. The van der Waals surface area contributed by atoms with Crippen LogP contribution < -0.4 is 4.74 Å². The minimum atomic E-state index is 0.0518. The summed E-state index contributed by atoms with van der Waals surface area (Å²) in [5.41, 5.74) is 1.61. The molecule has 0 atom stereocenters. The van der Waals surface area contributed by atoms with Crippen molar-refractivity contribution in [2.24, 2.45) is 5.41 Å². The summed E-state index contributed by atoms with van der Waals surface area (Å²) in [4.78, 5) is 11.4. The van der Waals surface area contributed by atoms with Crippen molar-refractivity contribution in [2.75, 3.05) is 6.61 Å². The van der Waals surface area contributed by atoms with Crippen LogP contribution in [0, 0.1) is 16.7 Å². The average Bonchev–Trinajstić information content (AvgIpc) is 2.76. The first kappa shape index (κ1) is 13.1. The van der Waals surface area contributed by atoms with E-state index in [-0.39, 0.29) is 5.41 Å². The van der Waals surface area contributed by atoms with Gasteiger partial charge in [0.2, 0.25) is 5.88 Å². The molecule has 0 fully saturated rings. The highest BCUT2D eigenvalue weighted by molar-refractivity contribution is 5.90. The maximum absolute atomic E-state index is 8.61. The summed E-state index contributed by atoms with van der Waals surface area (Å²) in [6.07, 6.45) is 6.39. The van der Waals surface area contributed by atoms with Gasteiger partial charge in [0.05, 0.1) is 18.1 Å². The molecule has 0 spiro atoms. The van der Waals surface area contributed by atoms with Crippen molar-refractivity contribution < 1.29 is 4.74 Å². The van der Waals surface area contributed by atoms with E-state index in [1.54, 1.807) is 12.3 Å². The summed E-state index contributed by atoms with van der Waals surface area (Å²) >= 11 is 0. The zero-order chi connectivity index (χ0) is 13.9. The second kappa shape index (κ2) is 5.11. The number of nitriles is 1. The summed E-state index contributed by atoms with van der Waals surface area (Å²) < 4.78 is 5.77. The fourth-order valence-corrected chi connectivity index (χ4v) is 1.61. The Hall–Kier alpha value is -2.35. The number of hydrogen-bond donors (Lipinski definition) is 1. The van der Waals surface area contributed by atoms with Gasteiger partial charge in [-0.1, -0.05) is 20.8 Å². The van der Waals surface area contributed by atoms with Crippen molar-refractivity contribution in [3.63, 3.8) is 0 Å². The van der Waals surface area contributed by atoms with Crippen LogP contribution in [0.25, 0.3) is 17.1 Å². The van der Waals surface area contributed by atoms with Crippen LogP contribution in [0.5, 0.6) is 5.88 Å². The van der Waals surface area contributed by atoms with E-state index in [0.717, 1.165) is 10.9 Å². The first-order valence-corrected chi connectivity index (χ1v) is 6.02. The van der Waals surface area contributed by atoms with E-state index >= 15 is 0 Å². The third kappa shape index (κ3) is 3.10. The van der Waals surface area contributed by atoms with Crippen LogP contribution in [0.2, 0.25) is 0 Å². The lowest BCUT2D eigenvalue weighted by molar-refractivity contribution is 0.193. The van der Waals surface area contributed by atoms with Crippen molar-refractivity contribution in [3.05, 3.63) is 24.2 Å².